The highest BCUT2D eigenvalue weighted by atomic mass is 79.9. The zero-order valence-corrected chi connectivity index (χ0v) is 18.6. The molecule has 1 heterocycles. The maximum atomic E-state index is 12.8. The summed E-state index contributed by atoms with van der Waals surface area (Å²) in [6.07, 6.45) is 4.81. The van der Waals surface area contributed by atoms with Gasteiger partial charge in [0, 0.05) is 16.9 Å². The lowest BCUT2D eigenvalue weighted by Crippen LogP contribution is -2.21. The molecular formula is C24H26BrNO3. The molecular weight excluding hydrogens is 430 g/mol. The minimum atomic E-state index is -0.307. The van der Waals surface area contributed by atoms with Crippen molar-refractivity contribution >= 4 is 21.9 Å². The van der Waals surface area contributed by atoms with E-state index in [0.29, 0.717) is 0 Å². The quantitative estimate of drug-likeness (QED) is 0.403. The molecule has 1 aromatic heterocycles. The van der Waals surface area contributed by atoms with Crippen molar-refractivity contribution in [3.63, 3.8) is 0 Å². The highest BCUT2D eigenvalue weighted by molar-refractivity contribution is 9.10. The maximum Gasteiger partial charge on any atom is 0.315 e. The molecule has 0 aliphatic carbocycles. The van der Waals surface area contributed by atoms with Crippen LogP contribution in [0.3, 0.4) is 0 Å². The third-order valence-corrected chi connectivity index (χ3v) is 5.41. The fourth-order valence-corrected chi connectivity index (χ4v) is 3.61. The van der Waals surface area contributed by atoms with Crippen LogP contribution in [0, 0.1) is 5.92 Å². The normalized spacial score (nSPS) is 12.0. The van der Waals surface area contributed by atoms with Gasteiger partial charge in [0.25, 0.3) is 0 Å². The van der Waals surface area contributed by atoms with Crippen LogP contribution in [0.2, 0.25) is 0 Å². The Kier molecular flexibility index (Phi) is 7.15. The zero-order valence-electron chi connectivity index (χ0n) is 17.0. The largest absolute Gasteiger partial charge is 0.497 e. The van der Waals surface area contributed by atoms with Crippen LogP contribution in [0.5, 0.6) is 5.75 Å². The summed E-state index contributed by atoms with van der Waals surface area (Å²) in [6, 6.07) is 17.9. The molecule has 1 atom stereocenters. The van der Waals surface area contributed by atoms with E-state index in [1.807, 2.05) is 67.2 Å². The van der Waals surface area contributed by atoms with Gasteiger partial charge in [0.15, 0.2) is 6.73 Å². The smallest absolute Gasteiger partial charge is 0.315 e. The molecule has 2 aromatic carbocycles. The Morgan fingerprint density at radius 2 is 1.69 bits per heavy atom. The Labute approximate surface area is 180 Å². The molecule has 0 saturated carbocycles. The number of benzene rings is 2. The fraction of sp³-hybridized carbons (Fsp3) is 0.292. The van der Waals surface area contributed by atoms with Crippen LogP contribution in [0.1, 0.15) is 36.5 Å². The van der Waals surface area contributed by atoms with Gasteiger partial charge in [-0.15, -0.1) is 0 Å². The van der Waals surface area contributed by atoms with Gasteiger partial charge in [-0.3, -0.25) is 4.79 Å². The Hall–Kier alpha value is -2.53. The number of ether oxygens (including phenoxy) is 2. The topological polar surface area (TPSA) is 40.5 Å². The molecule has 1 unspecified atom stereocenters. The van der Waals surface area contributed by atoms with Gasteiger partial charge in [-0.2, -0.15) is 0 Å². The van der Waals surface area contributed by atoms with Crippen molar-refractivity contribution < 1.29 is 14.3 Å². The average molecular weight is 456 g/mol. The number of methoxy groups -OCH3 is 1. The van der Waals surface area contributed by atoms with Gasteiger partial charge in [-0.05, 0) is 59.4 Å². The Balaban J connectivity index is 1.61. The van der Waals surface area contributed by atoms with Crippen molar-refractivity contribution in [2.75, 3.05) is 7.11 Å². The standard InChI is InChI=1S/C24H26BrNO3/c1-17(2)23(20-6-10-22(28-3)11-7-20)24(27)29-16-26-13-12-19(15-26)14-18-4-8-21(25)9-5-18/h4-13,15,17,23H,14,16H2,1-3H3. The molecule has 0 aliphatic rings. The first-order chi connectivity index (χ1) is 14.0. The van der Waals surface area contributed by atoms with Crippen LogP contribution in [0.15, 0.2) is 71.5 Å². The molecule has 0 aliphatic heterocycles. The van der Waals surface area contributed by atoms with Crippen LogP contribution in [-0.2, 0) is 22.7 Å². The van der Waals surface area contributed by atoms with E-state index in [0.717, 1.165) is 22.2 Å². The molecule has 0 radical (unpaired) electrons. The van der Waals surface area contributed by atoms with Gasteiger partial charge in [0.05, 0.1) is 13.0 Å². The molecule has 5 heteroatoms. The molecule has 0 saturated heterocycles. The Bertz CT molecular complexity index is 930. The summed E-state index contributed by atoms with van der Waals surface area (Å²) in [6.45, 7) is 4.27. The number of hydrogen-bond donors (Lipinski definition) is 0. The second-order valence-corrected chi connectivity index (χ2v) is 8.34. The first-order valence-corrected chi connectivity index (χ1v) is 10.4. The molecule has 3 rings (SSSR count). The first-order valence-electron chi connectivity index (χ1n) is 9.66. The predicted molar refractivity (Wildman–Crippen MR) is 118 cm³/mol. The maximum absolute atomic E-state index is 12.8. The number of esters is 1. The van der Waals surface area contributed by atoms with E-state index in [1.165, 1.54) is 11.1 Å². The summed E-state index contributed by atoms with van der Waals surface area (Å²) in [4.78, 5) is 12.8. The van der Waals surface area contributed by atoms with Crippen molar-refractivity contribution in [1.29, 1.82) is 0 Å². The van der Waals surface area contributed by atoms with E-state index in [-0.39, 0.29) is 24.5 Å². The molecule has 29 heavy (non-hydrogen) atoms. The van der Waals surface area contributed by atoms with Gasteiger partial charge in [-0.1, -0.05) is 54.0 Å². The van der Waals surface area contributed by atoms with Crippen molar-refractivity contribution in [1.82, 2.24) is 4.57 Å². The second kappa shape index (κ2) is 9.79. The molecule has 152 valence electrons. The van der Waals surface area contributed by atoms with E-state index in [9.17, 15) is 4.79 Å². The third kappa shape index (κ3) is 5.73. The summed E-state index contributed by atoms with van der Waals surface area (Å²) in [5, 5.41) is 0. The van der Waals surface area contributed by atoms with E-state index < -0.39 is 0 Å². The van der Waals surface area contributed by atoms with Crippen molar-refractivity contribution in [2.24, 2.45) is 5.92 Å². The lowest BCUT2D eigenvalue weighted by molar-refractivity contribution is -0.150. The molecule has 4 nitrogen and oxygen atoms in total. The number of rotatable bonds is 8. The van der Waals surface area contributed by atoms with E-state index in [1.54, 1.807) is 7.11 Å². The van der Waals surface area contributed by atoms with Gasteiger partial charge in [0.1, 0.15) is 5.75 Å². The highest BCUT2D eigenvalue weighted by Crippen LogP contribution is 2.27. The number of halogens is 1. The highest BCUT2D eigenvalue weighted by Gasteiger charge is 2.25. The summed E-state index contributed by atoms with van der Waals surface area (Å²) in [7, 11) is 1.63. The number of carbonyl (C=O) groups excluding carboxylic acids is 1. The fourth-order valence-electron chi connectivity index (χ4n) is 3.35. The number of aromatic nitrogens is 1. The van der Waals surface area contributed by atoms with E-state index in [2.05, 4.69) is 34.1 Å². The van der Waals surface area contributed by atoms with E-state index in [4.69, 9.17) is 9.47 Å². The molecule has 0 amide bonds. The van der Waals surface area contributed by atoms with Crippen molar-refractivity contribution in [3.05, 3.63) is 88.2 Å². The first kappa shape index (κ1) is 21.2. The number of nitrogens with zero attached hydrogens (tertiary/aromatic N) is 1. The van der Waals surface area contributed by atoms with Crippen LogP contribution in [-0.4, -0.2) is 17.6 Å². The van der Waals surface area contributed by atoms with E-state index >= 15 is 0 Å². The monoisotopic (exact) mass is 455 g/mol. The minimum absolute atomic E-state index is 0.133. The van der Waals surface area contributed by atoms with Crippen LogP contribution < -0.4 is 4.74 Å². The van der Waals surface area contributed by atoms with Crippen molar-refractivity contribution in [2.45, 2.75) is 32.9 Å². The number of hydrogen-bond acceptors (Lipinski definition) is 3. The summed E-state index contributed by atoms with van der Waals surface area (Å²) in [5.74, 6) is 0.385. The molecule has 0 N–H and O–H groups in total. The molecule has 0 spiro atoms. The SMILES string of the molecule is COc1ccc(C(C(=O)OCn2ccc(Cc3ccc(Br)cc3)c2)C(C)C)cc1. The third-order valence-electron chi connectivity index (χ3n) is 4.88. The predicted octanol–water partition coefficient (Wildman–Crippen LogP) is 5.79. The van der Waals surface area contributed by atoms with Crippen LogP contribution in [0.4, 0.5) is 0 Å². The Morgan fingerprint density at radius 3 is 2.31 bits per heavy atom. The van der Waals surface area contributed by atoms with Gasteiger partial charge < -0.3 is 14.0 Å². The zero-order chi connectivity index (χ0) is 20.8. The Morgan fingerprint density at radius 1 is 1.00 bits per heavy atom. The minimum Gasteiger partial charge on any atom is -0.497 e. The van der Waals surface area contributed by atoms with Crippen molar-refractivity contribution in [3.8, 4) is 5.75 Å². The number of carbonyl (C=O) groups is 1. The van der Waals surface area contributed by atoms with Gasteiger partial charge in [0.2, 0.25) is 0 Å². The van der Waals surface area contributed by atoms with Crippen LogP contribution in [0.25, 0.3) is 0 Å². The average Bonchev–Trinajstić information content (AvgIpc) is 3.16. The lowest BCUT2D eigenvalue weighted by atomic mass is 9.88. The second-order valence-electron chi connectivity index (χ2n) is 7.42. The molecule has 3 aromatic rings. The van der Waals surface area contributed by atoms with Gasteiger partial charge in [-0.25, -0.2) is 0 Å². The summed E-state index contributed by atoms with van der Waals surface area (Å²) >= 11 is 3.46. The lowest BCUT2D eigenvalue weighted by Gasteiger charge is -2.20. The molecule has 0 fully saturated rings. The summed E-state index contributed by atoms with van der Waals surface area (Å²) in [5.41, 5.74) is 3.36. The van der Waals surface area contributed by atoms with Gasteiger partial charge >= 0.3 is 5.97 Å². The van der Waals surface area contributed by atoms with Crippen LogP contribution >= 0.6 is 15.9 Å². The molecule has 0 bridgehead atoms. The summed E-state index contributed by atoms with van der Waals surface area (Å²) < 4.78 is 13.8.